The van der Waals surface area contributed by atoms with E-state index in [0.29, 0.717) is 11.6 Å². The molecule has 0 amide bonds. The van der Waals surface area contributed by atoms with Gasteiger partial charge in [-0.1, -0.05) is 0 Å². The number of benzene rings is 1. The lowest BCUT2D eigenvalue weighted by molar-refractivity contribution is 0.326. The minimum absolute atomic E-state index is 0.461. The third kappa shape index (κ3) is 3.51. The third-order valence-corrected chi connectivity index (χ3v) is 3.22. The first-order chi connectivity index (χ1) is 7.54. The molecule has 1 aromatic carbocycles. The van der Waals surface area contributed by atoms with E-state index in [-0.39, 0.29) is 0 Å². The van der Waals surface area contributed by atoms with E-state index < -0.39 is 0 Å². The van der Waals surface area contributed by atoms with Crippen molar-refractivity contribution in [2.45, 2.75) is 13.0 Å². The second-order valence-corrected chi connectivity index (χ2v) is 4.85. The smallest absolute Gasteiger partial charge is 0.0992 e. The fraction of sp³-hybridized carbons (Fsp3) is 0.417. The number of hydrogen-bond acceptors (Lipinski definition) is 3. The van der Waals surface area contributed by atoms with Crippen LogP contribution in [0.15, 0.2) is 22.7 Å². The van der Waals surface area contributed by atoms with E-state index in [0.717, 1.165) is 16.7 Å². The van der Waals surface area contributed by atoms with Gasteiger partial charge in [0.05, 0.1) is 11.6 Å². The van der Waals surface area contributed by atoms with Crippen molar-refractivity contribution in [1.29, 1.82) is 5.26 Å². The number of nitriles is 1. The van der Waals surface area contributed by atoms with Gasteiger partial charge in [-0.25, -0.2) is 0 Å². The Kier molecular flexibility index (Phi) is 4.78. The summed E-state index contributed by atoms with van der Waals surface area (Å²) < 4.78 is 0.928. The van der Waals surface area contributed by atoms with Crippen molar-refractivity contribution < 1.29 is 0 Å². The molecule has 0 heterocycles. The van der Waals surface area contributed by atoms with E-state index in [2.05, 4.69) is 53.2 Å². The summed E-state index contributed by atoms with van der Waals surface area (Å²) in [7, 11) is 4.11. The molecule has 4 heteroatoms. The summed E-state index contributed by atoms with van der Waals surface area (Å²) in [4.78, 5) is 2.16. The number of rotatable bonds is 4. The number of hydrogen-bond donors (Lipinski definition) is 1. The first-order valence-corrected chi connectivity index (χ1v) is 5.94. The molecule has 3 nitrogen and oxygen atoms in total. The van der Waals surface area contributed by atoms with Gasteiger partial charge in [-0.15, -0.1) is 0 Å². The van der Waals surface area contributed by atoms with Crippen molar-refractivity contribution in [3.8, 4) is 6.07 Å². The molecule has 0 spiro atoms. The molecule has 0 aliphatic heterocycles. The van der Waals surface area contributed by atoms with Crippen LogP contribution in [0.3, 0.4) is 0 Å². The maximum atomic E-state index is 8.75. The Morgan fingerprint density at radius 2 is 2.19 bits per heavy atom. The predicted molar refractivity (Wildman–Crippen MR) is 70.5 cm³/mol. The van der Waals surface area contributed by atoms with Crippen LogP contribution in [-0.2, 0) is 0 Å². The number of likely N-dealkylation sites (N-methyl/N-ethyl adjacent to an activating group) is 1. The number of nitrogens with zero attached hydrogens (tertiary/aromatic N) is 2. The van der Waals surface area contributed by atoms with E-state index >= 15 is 0 Å². The summed E-state index contributed by atoms with van der Waals surface area (Å²) in [6, 6.07) is 8.13. The Morgan fingerprint density at radius 1 is 1.50 bits per heavy atom. The number of anilines is 1. The van der Waals surface area contributed by atoms with Crippen LogP contribution in [0.2, 0.25) is 0 Å². The molecule has 0 aliphatic carbocycles. The quantitative estimate of drug-likeness (QED) is 0.922. The summed E-state index contributed by atoms with van der Waals surface area (Å²) in [5, 5.41) is 12.1. The lowest BCUT2D eigenvalue weighted by Crippen LogP contribution is -2.31. The van der Waals surface area contributed by atoms with Crippen LogP contribution in [-0.4, -0.2) is 31.6 Å². The molecule has 86 valence electrons. The normalized spacial score (nSPS) is 12.2. The van der Waals surface area contributed by atoms with E-state index in [1.54, 1.807) is 0 Å². The van der Waals surface area contributed by atoms with Gasteiger partial charge in [0.25, 0.3) is 0 Å². The molecular formula is C12H16BrN3. The molecule has 1 atom stereocenters. The lowest BCUT2D eigenvalue weighted by Gasteiger charge is -2.21. The fourth-order valence-corrected chi connectivity index (χ4v) is 1.69. The van der Waals surface area contributed by atoms with Crippen LogP contribution >= 0.6 is 15.9 Å². The molecule has 0 aliphatic rings. The minimum atomic E-state index is 0.461. The van der Waals surface area contributed by atoms with Gasteiger partial charge in [-0.3, -0.25) is 0 Å². The first kappa shape index (κ1) is 13.0. The molecule has 1 rings (SSSR count). The first-order valence-electron chi connectivity index (χ1n) is 5.14. The van der Waals surface area contributed by atoms with Crippen molar-refractivity contribution >= 4 is 21.6 Å². The van der Waals surface area contributed by atoms with Crippen molar-refractivity contribution in [2.75, 3.05) is 26.0 Å². The summed E-state index contributed by atoms with van der Waals surface area (Å²) in [5.41, 5.74) is 1.69. The molecule has 0 saturated carbocycles. The zero-order chi connectivity index (χ0) is 12.1. The van der Waals surface area contributed by atoms with Gasteiger partial charge in [-0.2, -0.15) is 5.26 Å². The highest BCUT2D eigenvalue weighted by atomic mass is 79.9. The van der Waals surface area contributed by atoms with Gasteiger partial charge in [0.1, 0.15) is 0 Å². The maximum Gasteiger partial charge on any atom is 0.0992 e. The van der Waals surface area contributed by atoms with Crippen LogP contribution in [0.25, 0.3) is 0 Å². The molecule has 0 fully saturated rings. The van der Waals surface area contributed by atoms with Crippen molar-refractivity contribution in [3.05, 3.63) is 28.2 Å². The molecule has 0 radical (unpaired) electrons. The van der Waals surface area contributed by atoms with Gasteiger partial charge in [0.2, 0.25) is 0 Å². The van der Waals surface area contributed by atoms with Crippen LogP contribution in [0.4, 0.5) is 5.69 Å². The van der Waals surface area contributed by atoms with Gasteiger partial charge in [-0.05, 0) is 55.1 Å². The SMILES string of the molecule is CC(CNc1ccc(C#N)cc1Br)N(C)C. The Hall–Kier alpha value is -1.05. The molecule has 0 aromatic heterocycles. The highest BCUT2D eigenvalue weighted by Crippen LogP contribution is 2.23. The zero-order valence-corrected chi connectivity index (χ0v) is 11.4. The maximum absolute atomic E-state index is 8.75. The van der Waals surface area contributed by atoms with Crippen molar-refractivity contribution in [3.63, 3.8) is 0 Å². The van der Waals surface area contributed by atoms with Crippen molar-refractivity contribution in [2.24, 2.45) is 0 Å². The Labute approximate surface area is 105 Å². The molecule has 0 saturated heterocycles. The number of halogens is 1. The summed E-state index contributed by atoms with van der Waals surface area (Å²) in [6.07, 6.45) is 0. The average Bonchev–Trinajstić information content (AvgIpc) is 2.26. The molecule has 16 heavy (non-hydrogen) atoms. The Balaban J connectivity index is 2.65. The van der Waals surface area contributed by atoms with Gasteiger partial charge < -0.3 is 10.2 Å². The van der Waals surface area contributed by atoms with Crippen LogP contribution < -0.4 is 5.32 Å². The highest BCUT2D eigenvalue weighted by molar-refractivity contribution is 9.10. The monoisotopic (exact) mass is 281 g/mol. The highest BCUT2D eigenvalue weighted by Gasteiger charge is 2.05. The summed E-state index contributed by atoms with van der Waals surface area (Å²) in [6.45, 7) is 3.03. The zero-order valence-electron chi connectivity index (χ0n) is 9.79. The van der Waals surface area contributed by atoms with Gasteiger partial charge in [0, 0.05) is 22.7 Å². The molecule has 1 aromatic rings. The van der Waals surface area contributed by atoms with E-state index in [1.165, 1.54) is 0 Å². The van der Waals surface area contributed by atoms with Gasteiger partial charge >= 0.3 is 0 Å². The summed E-state index contributed by atoms with van der Waals surface area (Å²) >= 11 is 3.45. The Morgan fingerprint density at radius 3 is 2.69 bits per heavy atom. The average molecular weight is 282 g/mol. The van der Waals surface area contributed by atoms with E-state index in [1.807, 2.05) is 18.2 Å². The lowest BCUT2D eigenvalue weighted by atomic mass is 10.2. The topological polar surface area (TPSA) is 39.1 Å². The van der Waals surface area contributed by atoms with E-state index in [9.17, 15) is 0 Å². The largest absolute Gasteiger partial charge is 0.383 e. The standard InChI is InChI=1S/C12H16BrN3/c1-9(16(2)3)8-15-12-5-4-10(7-14)6-11(12)13/h4-6,9,15H,8H2,1-3H3. The second kappa shape index (κ2) is 5.88. The third-order valence-electron chi connectivity index (χ3n) is 2.57. The molecule has 1 N–H and O–H groups in total. The van der Waals surface area contributed by atoms with Crippen LogP contribution in [0, 0.1) is 11.3 Å². The van der Waals surface area contributed by atoms with Crippen molar-refractivity contribution in [1.82, 2.24) is 4.90 Å². The van der Waals surface area contributed by atoms with Crippen LogP contribution in [0.1, 0.15) is 12.5 Å². The molecular weight excluding hydrogens is 266 g/mol. The predicted octanol–water partition coefficient (Wildman–Crippen LogP) is 2.68. The number of nitrogens with one attached hydrogen (secondary N) is 1. The Bertz CT molecular complexity index is 396. The summed E-state index contributed by atoms with van der Waals surface area (Å²) in [5.74, 6) is 0. The molecule has 0 bridgehead atoms. The fourth-order valence-electron chi connectivity index (χ4n) is 1.17. The molecule has 1 unspecified atom stereocenters. The second-order valence-electron chi connectivity index (χ2n) is 4.00. The minimum Gasteiger partial charge on any atom is -0.383 e. The van der Waals surface area contributed by atoms with Gasteiger partial charge in [0.15, 0.2) is 0 Å². The van der Waals surface area contributed by atoms with E-state index in [4.69, 9.17) is 5.26 Å². The van der Waals surface area contributed by atoms with Crippen LogP contribution in [0.5, 0.6) is 0 Å².